The number of aryl methyl sites for hydroxylation is 1. The van der Waals surface area contributed by atoms with Crippen molar-refractivity contribution < 1.29 is 0 Å². The molecule has 0 N–H and O–H groups in total. The fourth-order valence-corrected chi connectivity index (χ4v) is 1.71. The zero-order valence-corrected chi connectivity index (χ0v) is 7.98. The minimum absolute atomic E-state index is 0.872. The molecule has 0 unspecified atom stereocenters. The standard InChI is InChI=1S/C7H13N3S/c1-4-10(5-2)7-8-6(3)9-11-7/h4-5H2,1-3H3. The smallest absolute Gasteiger partial charge is 0.205 e. The summed E-state index contributed by atoms with van der Waals surface area (Å²) in [6, 6.07) is 0. The molecule has 1 aromatic heterocycles. The van der Waals surface area contributed by atoms with Gasteiger partial charge in [-0.2, -0.15) is 4.37 Å². The monoisotopic (exact) mass is 171 g/mol. The van der Waals surface area contributed by atoms with Gasteiger partial charge in [-0.3, -0.25) is 0 Å². The first-order chi connectivity index (χ1) is 5.27. The highest BCUT2D eigenvalue weighted by molar-refractivity contribution is 7.09. The number of hydrogen-bond donors (Lipinski definition) is 0. The zero-order chi connectivity index (χ0) is 8.27. The molecule has 3 nitrogen and oxygen atoms in total. The Morgan fingerprint density at radius 3 is 2.36 bits per heavy atom. The molecule has 0 saturated carbocycles. The van der Waals surface area contributed by atoms with E-state index in [0.29, 0.717) is 0 Å². The fraction of sp³-hybridized carbons (Fsp3) is 0.714. The van der Waals surface area contributed by atoms with Crippen molar-refractivity contribution >= 4 is 16.7 Å². The van der Waals surface area contributed by atoms with Crippen LogP contribution in [0.25, 0.3) is 0 Å². The van der Waals surface area contributed by atoms with E-state index < -0.39 is 0 Å². The Bertz CT molecular complexity index is 217. The molecule has 0 spiro atoms. The summed E-state index contributed by atoms with van der Waals surface area (Å²) in [7, 11) is 0. The van der Waals surface area contributed by atoms with Gasteiger partial charge in [-0.15, -0.1) is 0 Å². The van der Waals surface area contributed by atoms with Crippen LogP contribution in [0.5, 0.6) is 0 Å². The van der Waals surface area contributed by atoms with Gasteiger partial charge >= 0.3 is 0 Å². The largest absolute Gasteiger partial charge is 0.347 e. The van der Waals surface area contributed by atoms with Crippen molar-refractivity contribution in [3.05, 3.63) is 5.82 Å². The van der Waals surface area contributed by atoms with Gasteiger partial charge in [-0.1, -0.05) is 0 Å². The van der Waals surface area contributed by atoms with Crippen LogP contribution in [-0.2, 0) is 0 Å². The Labute approximate surface area is 71.2 Å². The van der Waals surface area contributed by atoms with Crippen molar-refractivity contribution in [1.82, 2.24) is 9.36 Å². The van der Waals surface area contributed by atoms with E-state index >= 15 is 0 Å². The van der Waals surface area contributed by atoms with E-state index in [0.717, 1.165) is 24.0 Å². The van der Waals surface area contributed by atoms with E-state index in [1.165, 1.54) is 11.5 Å². The van der Waals surface area contributed by atoms with Gasteiger partial charge in [0.05, 0.1) is 0 Å². The third-order valence-electron chi connectivity index (χ3n) is 1.55. The number of rotatable bonds is 3. The Hall–Kier alpha value is -0.640. The van der Waals surface area contributed by atoms with Crippen molar-refractivity contribution in [1.29, 1.82) is 0 Å². The Morgan fingerprint density at radius 1 is 1.36 bits per heavy atom. The van der Waals surface area contributed by atoms with Crippen LogP contribution < -0.4 is 4.90 Å². The van der Waals surface area contributed by atoms with E-state index in [1.807, 2.05) is 6.92 Å². The molecule has 0 radical (unpaired) electrons. The average molecular weight is 171 g/mol. The normalized spacial score (nSPS) is 10.1. The van der Waals surface area contributed by atoms with Crippen molar-refractivity contribution in [2.45, 2.75) is 20.8 Å². The van der Waals surface area contributed by atoms with Crippen LogP contribution >= 0.6 is 11.5 Å². The molecule has 1 aromatic rings. The Morgan fingerprint density at radius 2 is 2.00 bits per heavy atom. The van der Waals surface area contributed by atoms with E-state index in [1.54, 1.807) is 0 Å². The second kappa shape index (κ2) is 3.67. The SMILES string of the molecule is CCN(CC)c1nc(C)ns1. The molecule has 0 saturated heterocycles. The van der Waals surface area contributed by atoms with Crippen molar-refractivity contribution in [2.75, 3.05) is 18.0 Å². The molecule has 0 atom stereocenters. The maximum absolute atomic E-state index is 4.29. The van der Waals surface area contributed by atoms with Crippen LogP contribution in [0.2, 0.25) is 0 Å². The molecule has 0 aliphatic carbocycles. The van der Waals surface area contributed by atoms with Gasteiger partial charge in [0.15, 0.2) is 0 Å². The third kappa shape index (κ3) is 1.89. The highest BCUT2D eigenvalue weighted by Crippen LogP contribution is 2.15. The minimum atomic E-state index is 0.872. The first kappa shape index (κ1) is 8.46. The molecule has 11 heavy (non-hydrogen) atoms. The van der Waals surface area contributed by atoms with Crippen molar-refractivity contribution in [2.24, 2.45) is 0 Å². The Balaban J connectivity index is 2.73. The maximum atomic E-state index is 4.29. The highest BCUT2D eigenvalue weighted by Gasteiger charge is 2.05. The molecule has 4 heteroatoms. The number of hydrogen-bond acceptors (Lipinski definition) is 4. The summed E-state index contributed by atoms with van der Waals surface area (Å²) >= 11 is 1.47. The lowest BCUT2D eigenvalue weighted by molar-refractivity contribution is 0.856. The molecule has 1 heterocycles. The predicted octanol–water partition coefficient (Wildman–Crippen LogP) is 1.69. The lowest BCUT2D eigenvalue weighted by Crippen LogP contribution is -2.21. The second-order valence-corrected chi connectivity index (χ2v) is 3.03. The van der Waals surface area contributed by atoms with E-state index in [9.17, 15) is 0 Å². The van der Waals surface area contributed by atoms with E-state index in [2.05, 4.69) is 28.1 Å². The summed E-state index contributed by atoms with van der Waals surface area (Å²) < 4.78 is 4.12. The number of anilines is 1. The van der Waals surface area contributed by atoms with Crippen LogP contribution in [0.1, 0.15) is 19.7 Å². The van der Waals surface area contributed by atoms with E-state index in [4.69, 9.17) is 0 Å². The van der Waals surface area contributed by atoms with Gasteiger partial charge in [0.1, 0.15) is 5.82 Å². The van der Waals surface area contributed by atoms with E-state index in [-0.39, 0.29) is 0 Å². The summed E-state index contributed by atoms with van der Waals surface area (Å²) in [6.07, 6.45) is 0. The zero-order valence-electron chi connectivity index (χ0n) is 7.16. The first-order valence-corrected chi connectivity index (χ1v) is 4.60. The molecule has 0 aliphatic rings. The fourth-order valence-electron chi connectivity index (χ4n) is 0.909. The van der Waals surface area contributed by atoms with Gasteiger partial charge in [0.2, 0.25) is 5.13 Å². The molecular formula is C7H13N3S. The van der Waals surface area contributed by atoms with Gasteiger partial charge in [0, 0.05) is 24.6 Å². The minimum Gasteiger partial charge on any atom is -0.347 e. The first-order valence-electron chi connectivity index (χ1n) is 3.83. The van der Waals surface area contributed by atoms with Crippen molar-refractivity contribution in [3.63, 3.8) is 0 Å². The molecule has 0 aliphatic heterocycles. The van der Waals surface area contributed by atoms with Crippen LogP contribution in [0.4, 0.5) is 5.13 Å². The van der Waals surface area contributed by atoms with Gasteiger partial charge < -0.3 is 4.90 Å². The van der Waals surface area contributed by atoms with Gasteiger partial charge in [-0.25, -0.2) is 4.98 Å². The molecule has 1 rings (SSSR count). The van der Waals surface area contributed by atoms with Gasteiger partial charge in [0.25, 0.3) is 0 Å². The summed E-state index contributed by atoms with van der Waals surface area (Å²) in [4.78, 5) is 6.49. The Kier molecular flexibility index (Phi) is 2.82. The van der Waals surface area contributed by atoms with Crippen LogP contribution in [0, 0.1) is 6.92 Å². The van der Waals surface area contributed by atoms with Crippen LogP contribution in [-0.4, -0.2) is 22.4 Å². The molecule has 0 aromatic carbocycles. The average Bonchev–Trinajstić information content (AvgIpc) is 2.39. The summed E-state index contributed by atoms with van der Waals surface area (Å²) in [6.45, 7) is 8.18. The molecule has 0 bridgehead atoms. The molecule has 0 fully saturated rings. The third-order valence-corrected chi connectivity index (χ3v) is 2.42. The quantitative estimate of drug-likeness (QED) is 0.693. The summed E-state index contributed by atoms with van der Waals surface area (Å²) in [5.74, 6) is 0.872. The lowest BCUT2D eigenvalue weighted by Gasteiger charge is -2.15. The summed E-state index contributed by atoms with van der Waals surface area (Å²) in [5, 5.41) is 1.03. The van der Waals surface area contributed by atoms with Crippen LogP contribution in [0.3, 0.4) is 0 Å². The predicted molar refractivity (Wildman–Crippen MR) is 48.2 cm³/mol. The lowest BCUT2D eigenvalue weighted by atomic mass is 10.6. The summed E-state index contributed by atoms with van der Waals surface area (Å²) in [5.41, 5.74) is 0. The molecular weight excluding hydrogens is 158 g/mol. The van der Waals surface area contributed by atoms with Crippen LogP contribution in [0.15, 0.2) is 0 Å². The highest BCUT2D eigenvalue weighted by atomic mass is 32.1. The maximum Gasteiger partial charge on any atom is 0.205 e. The molecule has 62 valence electrons. The molecule has 0 amide bonds. The van der Waals surface area contributed by atoms with Gasteiger partial charge in [-0.05, 0) is 20.8 Å². The number of aromatic nitrogens is 2. The topological polar surface area (TPSA) is 29.0 Å². The number of nitrogens with zero attached hydrogens (tertiary/aromatic N) is 3. The second-order valence-electron chi connectivity index (χ2n) is 2.30. The van der Waals surface area contributed by atoms with Crippen molar-refractivity contribution in [3.8, 4) is 0 Å².